The van der Waals surface area contributed by atoms with E-state index in [1.54, 1.807) is 26.4 Å². The van der Waals surface area contributed by atoms with Gasteiger partial charge in [0.05, 0.1) is 20.8 Å². The van der Waals surface area contributed by atoms with Crippen molar-refractivity contribution in [1.82, 2.24) is 4.90 Å². The summed E-state index contributed by atoms with van der Waals surface area (Å²) in [5.41, 5.74) is 0.743. The molecule has 1 saturated carbocycles. The molecule has 0 radical (unpaired) electrons. The number of ether oxygens (including phenoxy) is 2. The van der Waals surface area contributed by atoms with Gasteiger partial charge in [-0.15, -0.1) is 0 Å². The van der Waals surface area contributed by atoms with E-state index in [-0.39, 0.29) is 5.82 Å². The number of rotatable bonds is 10. The van der Waals surface area contributed by atoms with E-state index < -0.39 is 5.60 Å². The second-order valence-corrected chi connectivity index (χ2v) is 9.20. The normalized spacial score (nSPS) is 13.7. The lowest BCUT2D eigenvalue weighted by Gasteiger charge is -2.28. The zero-order chi connectivity index (χ0) is 25.1. The molecule has 36 heavy (non-hydrogen) atoms. The van der Waals surface area contributed by atoms with Crippen LogP contribution in [0.5, 0.6) is 11.5 Å². The summed E-state index contributed by atoms with van der Waals surface area (Å²) in [4.78, 5) is 2.30. The molecule has 5 rings (SSSR count). The van der Waals surface area contributed by atoms with Gasteiger partial charge in [0.2, 0.25) is 0 Å². The Morgan fingerprint density at radius 3 is 2.00 bits per heavy atom. The minimum atomic E-state index is -1.51. The first kappa shape index (κ1) is 24.1. The van der Waals surface area contributed by atoms with Crippen molar-refractivity contribution in [2.24, 2.45) is 0 Å². The zero-order valence-corrected chi connectivity index (χ0v) is 20.5. The highest BCUT2D eigenvalue weighted by molar-refractivity contribution is 5.46. The van der Waals surface area contributed by atoms with E-state index in [1.807, 2.05) is 66.7 Å². The number of hydrogen-bond acceptors (Lipinski definition) is 5. The second kappa shape index (κ2) is 10.2. The summed E-state index contributed by atoms with van der Waals surface area (Å²) < 4.78 is 30.7. The summed E-state index contributed by atoms with van der Waals surface area (Å²) in [7, 11) is 3.22. The molecule has 1 aliphatic rings. The molecule has 1 aliphatic carbocycles. The molecule has 5 nitrogen and oxygen atoms in total. The van der Waals surface area contributed by atoms with Crippen LogP contribution in [-0.2, 0) is 18.7 Å². The number of methoxy groups -OCH3 is 2. The molecule has 0 unspecified atom stereocenters. The van der Waals surface area contributed by atoms with Crippen molar-refractivity contribution in [2.45, 2.75) is 37.6 Å². The van der Waals surface area contributed by atoms with Gasteiger partial charge in [-0.3, -0.25) is 4.90 Å². The van der Waals surface area contributed by atoms with Crippen LogP contribution in [0.25, 0.3) is 0 Å². The van der Waals surface area contributed by atoms with Gasteiger partial charge in [-0.05, 0) is 78.1 Å². The van der Waals surface area contributed by atoms with E-state index in [9.17, 15) is 9.50 Å². The van der Waals surface area contributed by atoms with Crippen molar-refractivity contribution >= 4 is 0 Å². The first-order valence-electron chi connectivity index (χ1n) is 12.1. The molecule has 0 spiro atoms. The van der Waals surface area contributed by atoms with Gasteiger partial charge < -0.3 is 19.0 Å². The maximum Gasteiger partial charge on any atom is 0.173 e. The number of aliphatic hydroxyl groups is 1. The van der Waals surface area contributed by atoms with Gasteiger partial charge in [0, 0.05) is 12.6 Å². The average molecular weight is 488 g/mol. The summed E-state index contributed by atoms with van der Waals surface area (Å²) in [6, 6.07) is 25.6. The van der Waals surface area contributed by atoms with E-state index in [1.165, 1.54) is 6.07 Å². The predicted molar refractivity (Wildman–Crippen MR) is 135 cm³/mol. The topological polar surface area (TPSA) is 55.1 Å². The highest BCUT2D eigenvalue weighted by Crippen LogP contribution is 2.39. The third-order valence-electron chi connectivity index (χ3n) is 6.73. The maximum absolute atomic E-state index is 13.7. The van der Waals surface area contributed by atoms with E-state index in [2.05, 4.69) is 4.90 Å². The first-order chi connectivity index (χ1) is 17.5. The van der Waals surface area contributed by atoms with Crippen LogP contribution in [0.15, 0.2) is 89.3 Å². The summed E-state index contributed by atoms with van der Waals surface area (Å²) >= 11 is 0. The highest BCUT2D eigenvalue weighted by Gasteiger charge is 2.38. The first-order valence-corrected chi connectivity index (χ1v) is 12.1. The van der Waals surface area contributed by atoms with E-state index >= 15 is 0 Å². The number of halogens is 1. The Labute approximate surface area is 210 Å². The molecule has 1 N–H and O–H groups in total. The molecule has 0 atom stereocenters. The van der Waals surface area contributed by atoms with Crippen molar-refractivity contribution in [3.8, 4) is 11.5 Å². The largest absolute Gasteiger partial charge is 0.497 e. The second-order valence-electron chi connectivity index (χ2n) is 9.20. The molecule has 186 valence electrons. The summed E-state index contributed by atoms with van der Waals surface area (Å²) in [6.07, 6.45) is 2.23. The van der Waals surface area contributed by atoms with Gasteiger partial charge in [0.15, 0.2) is 5.60 Å². The number of hydrogen-bond donors (Lipinski definition) is 1. The van der Waals surface area contributed by atoms with Gasteiger partial charge in [0.1, 0.15) is 28.8 Å². The SMILES string of the molecule is COc1ccc(C(O)(c2ccc(OC)cc2)c2ccc(CN(Cc3cccc(F)c3)C3CC3)o2)cc1. The van der Waals surface area contributed by atoms with Crippen LogP contribution < -0.4 is 9.47 Å². The van der Waals surface area contributed by atoms with Gasteiger partial charge in [-0.1, -0.05) is 36.4 Å². The number of furan rings is 1. The minimum Gasteiger partial charge on any atom is -0.497 e. The molecule has 1 heterocycles. The molecule has 1 aromatic heterocycles. The Bertz CT molecular complexity index is 1250. The van der Waals surface area contributed by atoms with Gasteiger partial charge in [-0.2, -0.15) is 0 Å². The Kier molecular flexibility index (Phi) is 6.81. The summed E-state index contributed by atoms with van der Waals surface area (Å²) in [5, 5.41) is 12.2. The van der Waals surface area contributed by atoms with Crippen LogP contribution in [0.3, 0.4) is 0 Å². The molecule has 0 amide bonds. The van der Waals surface area contributed by atoms with E-state index in [0.717, 1.165) is 24.2 Å². The molecular formula is C30H30FNO4. The van der Waals surface area contributed by atoms with Crippen molar-refractivity contribution in [2.75, 3.05) is 14.2 Å². The third-order valence-corrected chi connectivity index (χ3v) is 6.73. The summed E-state index contributed by atoms with van der Waals surface area (Å²) in [5.74, 6) is 2.34. The molecule has 0 aliphatic heterocycles. The quantitative estimate of drug-likeness (QED) is 0.303. The zero-order valence-electron chi connectivity index (χ0n) is 20.5. The Morgan fingerprint density at radius 1 is 0.861 bits per heavy atom. The molecule has 0 bridgehead atoms. The molecule has 4 aromatic rings. The van der Waals surface area contributed by atoms with Crippen molar-refractivity contribution < 1.29 is 23.4 Å². The molecule has 0 saturated heterocycles. The Hall–Kier alpha value is -3.61. The molecule has 3 aromatic carbocycles. The highest BCUT2D eigenvalue weighted by atomic mass is 19.1. The van der Waals surface area contributed by atoms with Gasteiger partial charge in [-0.25, -0.2) is 4.39 Å². The fraction of sp³-hybridized carbons (Fsp3) is 0.267. The van der Waals surface area contributed by atoms with E-state index in [4.69, 9.17) is 13.9 Å². The molecule has 6 heteroatoms. The number of benzene rings is 3. The number of nitrogens with zero attached hydrogens (tertiary/aromatic N) is 1. The smallest absolute Gasteiger partial charge is 0.173 e. The third kappa shape index (κ3) is 5.01. The van der Waals surface area contributed by atoms with Crippen LogP contribution in [0.1, 0.15) is 41.1 Å². The van der Waals surface area contributed by atoms with Crippen molar-refractivity contribution in [3.63, 3.8) is 0 Å². The van der Waals surface area contributed by atoms with Crippen molar-refractivity contribution in [1.29, 1.82) is 0 Å². The molecular weight excluding hydrogens is 457 g/mol. The van der Waals surface area contributed by atoms with Gasteiger partial charge >= 0.3 is 0 Å². The van der Waals surface area contributed by atoms with Crippen LogP contribution in [0.2, 0.25) is 0 Å². The maximum atomic E-state index is 13.7. The monoisotopic (exact) mass is 487 g/mol. The Balaban J connectivity index is 1.46. The van der Waals surface area contributed by atoms with Gasteiger partial charge in [0.25, 0.3) is 0 Å². The fourth-order valence-corrected chi connectivity index (χ4v) is 4.60. The van der Waals surface area contributed by atoms with Crippen molar-refractivity contribution in [3.05, 3.63) is 119 Å². The Morgan fingerprint density at radius 2 is 1.47 bits per heavy atom. The average Bonchev–Trinajstić information content (AvgIpc) is 3.66. The lowest BCUT2D eigenvalue weighted by Crippen LogP contribution is -2.28. The van der Waals surface area contributed by atoms with Crippen LogP contribution >= 0.6 is 0 Å². The molecule has 1 fully saturated rings. The standard InChI is InChI=1S/C30H30FNO4/c1-34-26-12-6-22(7-13-26)30(33,23-8-14-27(35-2)15-9-23)29-17-16-28(36-29)20-32(25-10-11-25)19-21-4-3-5-24(31)18-21/h3-9,12-18,25,33H,10-11,19-20H2,1-2H3. The summed E-state index contributed by atoms with van der Waals surface area (Å²) in [6.45, 7) is 1.21. The van der Waals surface area contributed by atoms with E-state index in [0.29, 0.717) is 47.5 Å². The minimum absolute atomic E-state index is 0.229. The lowest BCUT2D eigenvalue weighted by molar-refractivity contribution is 0.0948. The van der Waals surface area contributed by atoms with Crippen LogP contribution in [0.4, 0.5) is 4.39 Å². The lowest BCUT2D eigenvalue weighted by atomic mass is 9.84. The van der Waals surface area contributed by atoms with Crippen LogP contribution in [-0.4, -0.2) is 30.3 Å². The van der Waals surface area contributed by atoms with Crippen LogP contribution in [0, 0.1) is 5.82 Å². The predicted octanol–water partition coefficient (Wildman–Crippen LogP) is 5.88. The fourth-order valence-electron chi connectivity index (χ4n) is 4.60.